The molecule has 0 unspecified atom stereocenters. The molecule has 0 amide bonds. The van der Waals surface area contributed by atoms with E-state index in [0.29, 0.717) is 0 Å². The molecule has 2 N–H and O–H groups in total. The van der Waals surface area contributed by atoms with E-state index >= 15 is 0 Å². The van der Waals surface area contributed by atoms with Crippen LogP contribution < -0.4 is 0 Å². The molecule has 0 bridgehead atoms. The van der Waals surface area contributed by atoms with Crippen LogP contribution in [0.25, 0.3) is 0 Å². The highest BCUT2D eigenvalue weighted by atomic mass is 19.1. The van der Waals surface area contributed by atoms with E-state index in [1.165, 1.54) is 0 Å². The van der Waals surface area contributed by atoms with Crippen molar-refractivity contribution in [1.82, 2.24) is 4.98 Å². The molecule has 0 aromatic carbocycles. The van der Waals surface area contributed by atoms with Gasteiger partial charge in [-0.2, -0.15) is 0 Å². The summed E-state index contributed by atoms with van der Waals surface area (Å²) in [6, 6.07) is 1.12. The summed E-state index contributed by atoms with van der Waals surface area (Å²) in [6.45, 7) is 0. The Morgan fingerprint density at radius 1 is 1.73 bits per heavy atom. The molecule has 56 valence electrons. The fourth-order valence-electron chi connectivity index (χ4n) is 0.561. The van der Waals surface area contributed by atoms with Crippen LogP contribution in [0.2, 0.25) is 0 Å². The largest absolute Gasteiger partial charge is 0.472 e. The van der Waals surface area contributed by atoms with Gasteiger partial charge in [-0.05, 0) is 5.92 Å². The third kappa shape index (κ3) is 2.14. The highest BCUT2D eigenvalue weighted by Gasteiger charge is 1.92. The van der Waals surface area contributed by atoms with E-state index in [1.54, 1.807) is 0 Å². The van der Waals surface area contributed by atoms with Crippen molar-refractivity contribution in [3.63, 3.8) is 0 Å². The number of carboxylic acids is 1. The van der Waals surface area contributed by atoms with E-state index in [2.05, 4.69) is 10.9 Å². The normalized spacial score (nSPS) is 8.45. The first-order valence-electron chi connectivity index (χ1n) is 2.77. The van der Waals surface area contributed by atoms with E-state index in [4.69, 9.17) is 5.11 Å². The lowest BCUT2D eigenvalue weighted by Gasteiger charge is -1.74. The number of aromatic nitrogens is 1. The Balaban J connectivity index is 2.82. The van der Waals surface area contributed by atoms with Gasteiger partial charge < -0.3 is 10.1 Å². The quantitative estimate of drug-likeness (QED) is 0.536. The van der Waals surface area contributed by atoms with Crippen LogP contribution in [0.4, 0.5) is 4.39 Å². The van der Waals surface area contributed by atoms with Crippen LogP contribution in [0.5, 0.6) is 0 Å². The zero-order valence-corrected chi connectivity index (χ0v) is 5.39. The van der Waals surface area contributed by atoms with Crippen LogP contribution in [0.3, 0.4) is 0 Å². The van der Waals surface area contributed by atoms with Crippen molar-refractivity contribution in [2.24, 2.45) is 0 Å². The van der Waals surface area contributed by atoms with Crippen LogP contribution in [0.1, 0.15) is 5.69 Å². The maximum absolute atomic E-state index is 12.2. The maximum atomic E-state index is 12.2. The Bertz CT molecular complexity index is 332. The van der Waals surface area contributed by atoms with Gasteiger partial charge in [0.1, 0.15) is 5.82 Å². The number of rotatable bonds is 0. The third-order valence-corrected chi connectivity index (χ3v) is 0.952. The van der Waals surface area contributed by atoms with Crippen molar-refractivity contribution in [3.8, 4) is 11.8 Å². The van der Waals surface area contributed by atoms with Crippen LogP contribution >= 0.6 is 0 Å². The Kier molecular flexibility index (Phi) is 1.93. The Labute approximate surface area is 61.9 Å². The van der Waals surface area contributed by atoms with Gasteiger partial charge in [0.25, 0.3) is 0 Å². The molecule has 1 heterocycles. The standard InChI is InChI=1S/C7H4FNO2/c8-5-3-6(9-4-5)1-2-7(10)11/h3-4,9H,(H,10,11). The first kappa shape index (κ1) is 7.35. The molecule has 0 saturated heterocycles. The second-order valence-electron chi connectivity index (χ2n) is 1.79. The fourth-order valence-corrected chi connectivity index (χ4v) is 0.561. The van der Waals surface area contributed by atoms with Crippen molar-refractivity contribution in [3.05, 3.63) is 23.8 Å². The minimum absolute atomic E-state index is 0.255. The molecule has 0 spiro atoms. The van der Waals surface area contributed by atoms with E-state index in [0.717, 1.165) is 12.3 Å². The molecule has 1 aromatic rings. The van der Waals surface area contributed by atoms with E-state index in [-0.39, 0.29) is 5.69 Å². The number of nitrogens with one attached hydrogen (secondary N) is 1. The predicted molar refractivity (Wildman–Crippen MR) is 35.3 cm³/mol. The fraction of sp³-hybridized carbons (Fsp3) is 0. The van der Waals surface area contributed by atoms with Crippen LogP contribution in [0.15, 0.2) is 12.3 Å². The van der Waals surface area contributed by atoms with Crippen LogP contribution in [-0.2, 0) is 4.79 Å². The third-order valence-electron chi connectivity index (χ3n) is 0.952. The van der Waals surface area contributed by atoms with Crippen molar-refractivity contribution in [1.29, 1.82) is 0 Å². The van der Waals surface area contributed by atoms with Gasteiger partial charge in [-0.3, -0.25) is 0 Å². The summed E-state index contributed by atoms with van der Waals surface area (Å²) in [5, 5.41) is 8.10. The van der Waals surface area contributed by atoms with E-state index in [1.807, 2.05) is 5.92 Å². The Morgan fingerprint density at radius 3 is 2.91 bits per heavy atom. The number of halogens is 1. The van der Waals surface area contributed by atoms with Crippen molar-refractivity contribution in [2.75, 3.05) is 0 Å². The van der Waals surface area contributed by atoms with Gasteiger partial charge in [0, 0.05) is 18.2 Å². The van der Waals surface area contributed by atoms with Crippen molar-refractivity contribution >= 4 is 5.97 Å². The van der Waals surface area contributed by atoms with Gasteiger partial charge in [0.2, 0.25) is 0 Å². The first-order chi connectivity index (χ1) is 5.18. The highest BCUT2D eigenvalue weighted by molar-refractivity contribution is 5.87. The number of hydrogen-bond donors (Lipinski definition) is 2. The lowest BCUT2D eigenvalue weighted by molar-refractivity contribution is -0.130. The summed E-state index contributed by atoms with van der Waals surface area (Å²) in [6.07, 6.45) is 1.10. The van der Waals surface area contributed by atoms with Crippen molar-refractivity contribution in [2.45, 2.75) is 0 Å². The Hall–Kier alpha value is -1.76. The Morgan fingerprint density at radius 2 is 2.45 bits per heavy atom. The molecule has 11 heavy (non-hydrogen) atoms. The smallest absolute Gasteiger partial charge is 0.382 e. The SMILES string of the molecule is O=C(O)C#Cc1cc(F)c[nH]1. The summed E-state index contributed by atoms with van der Waals surface area (Å²) in [5.74, 6) is 2.37. The average Bonchev–Trinajstić information content (AvgIpc) is 2.31. The molecule has 0 saturated carbocycles. The minimum Gasteiger partial charge on any atom is -0.472 e. The van der Waals surface area contributed by atoms with Gasteiger partial charge in [-0.25, -0.2) is 9.18 Å². The first-order valence-corrected chi connectivity index (χ1v) is 2.77. The molecule has 0 aliphatic carbocycles. The minimum atomic E-state index is -1.24. The zero-order valence-electron chi connectivity index (χ0n) is 5.39. The van der Waals surface area contributed by atoms with Gasteiger partial charge in [-0.15, -0.1) is 0 Å². The second kappa shape index (κ2) is 2.88. The lowest BCUT2D eigenvalue weighted by atomic mass is 10.4. The monoisotopic (exact) mass is 153 g/mol. The summed E-state index contributed by atoms with van der Waals surface area (Å²) in [5.41, 5.74) is 0.255. The van der Waals surface area contributed by atoms with Crippen LogP contribution in [-0.4, -0.2) is 16.1 Å². The molecule has 4 heteroatoms. The summed E-state index contributed by atoms with van der Waals surface area (Å²) in [7, 11) is 0. The molecular formula is C7H4FNO2. The van der Waals surface area contributed by atoms with Gasteiger partial charge in [-0.1, -0.05) is 0 Å². The number of H-pyrrole nitrogens is 1. The molecule has 3 nitrogen and oxygen atoms in total. The summed E-state index contributed by atoms with van der Waals surface area (Å²) in [4.78, 5) is 12.3. The highest BCUT2D eigenvalue weighted by Crippen LogP contribution is 1.97. The molecule has 0 fully saturated rings. The molecule has 0 radical (unpaired) electrons. The van der Waals surface area contributed by atoms with Gasteiger partial charge in [0.05, 0.1) is 5.69 Å². The number of aromatic amines is 1. The van der Waals surface area contributed by atoms with Gasteiger partial charge in [0.15, 0.2) is 0 Å². The molecule has 0 aliphatic heterocycles. The van der Waals surface area contributed by atoms with E-state index < -0.39 is 11.8 Å². The molecule has 0 aliphatic rings. The number of aliphatic carboxylic acids is 1. The maximum Gasteiger partial charge on any atom is 0.382 e. The predicted octanol–water partition coefficient (Wildman–Crippen LogP) is 0.590. The molecule has 0 atom stereocenters. The number of carbonyl (C=O) groups is 1. The second-order valence-corrected chi connectivity index (χ2v) is 1.79. The molecular weight excluding hydrogens is 149 g/mol. The number of hydrogen-bond acceptors (Lipinski definition) is 1. The lowest BCUT2D eigenvalue weighted by Crippen LogP contribution is -1.86. The summed E-state index contributed by atoms with van der Waals surface area (Å²) < 4.78 is 12.2. The molecule has 1 aromatic heterocycles. The van der Waals surface area contributed by atoms with Crippen LogP contribution in [0, 0.1) is 17.7 Å². The average molecular weight is 153 g/mol. The van der Waals surface area contributed by atoms with E-state index in [9.17, 15) is 9.18 Å². The van der Waals surface area contributed by atoms with Gasteiger partial charge >= 0.3 is 5.97 Å². The summed E-state index contributed by atoms with van der Waals surface area (Å²) >= 11 is 0. The molecule has 1 rings (SSSR count). The zero-order chi connectivity index (χ0) is 8.27. The topological polar surface area (TPSA) is 53.1 Å². The van der Waals surface area contributed by atoms with Crippen molar-refractivity contribution < 1.29 is 14.3 Å². The number of carboxylic acid groups (broad SMARTS) is 1.